The molecule has 1 fully saturated rings. The number of hydrogen-bond donors (Lipinski definition) is 1. The fourth-order valence-electron chi connectivity index (χ4n) is 3.28. The van der Waals surface area contributed by atoms with Crippen molar-refractivity contribution in [2.45, 2.75) is 38.5 Å². The molecule has 140 valence electrons. The first-order valence-corrected chi connectivity index (χ1v) is 10.0. The molecule has 0 atom stereocenters. The molecule has 1 aromatic heterocycles. The number of amides is 1. The van der Waals surface area contributed by atoms with E-state index in [0.717, 1.165) is 11.3 Å². The zero-order chi connectivity index (χ0) is 18.9. The minimum absolute atomic E-state index is 0.0614. The molecule has 0 aliphatic carbocycles. The van der Waals surface area contributed by atoms with Crippen molar-refractivity contribution in [2.24, 2.45) is 5.92 Å². The van der Waals surface area contributed by atoms with E-state index in [2.05, 4.69) is 10.5 Å². The third-order valence-electron chi connectivity index (χ3n) is 4.79. The van der Waals surface area contributed by atoms with Gasteiger partial charge in [-0.3, -0.25) is 4.79 Å². The van der Waals surface area contributed by atoms with Crippen molar-refractivity contribution >= 4 is 21.6 Å². The van der Waals surface area contributed by atoms with Crippen molar-refractivity contribution in [3.8, 4) is 0 Å². The number of piperidine rings is 1. The Labute approximate surface area is 153 Å². The van der Waals surface area contributed by atoms with Gasteiger partial charge in [-0.25, -0.2) is 8.42 Å². The largest absolute Gasteiger partial charge is 0.360 e. The van der Waals surface area contributed by atoms with E-state index in [4.69, 9.17) is 4.52 Å². The van der Waals surface area contributed by atoms with Crippen LogP contribution in [0.25, 0.3) is 0 Å². The number of nitrogens with one attached hydrogen (secondary N) is 1. The molecule has 0 unspecified atom stereocenters. The highest BCUT2D eigenvalue weighted by Crippen LogP contribution is 2.28. The zero-order valence-electron chi connectivity index (χ0n) is 15.2. The molecule has 8 heteroatoms. The average Bonchev–Trinajstić information content (AvgIpc) is 2.96. The van der Waals surface area contributed by atoms with Gasteiger partial charge in [0.05, 0.1) is 0 Å². The molecular weight excluding hydrogens is 354 g/mol. The number of para-hydroxylation sites is 1. The molecule has 3 rings (SSSR count). The number of benzene rings is 1. The van der Waals surface area contributed by atoms with Crippen LogP contribution in [0, 0.1) is 26.7 Å². The van der Waals surface area contributed by atoms with Gasteiger partial charge in [0, 0.05) is 24.7 Å². The summed E-state index contributed by atoms with van der Waals surface area (Å²) in [5.74, 6) is 0.0290. The molecule has 0 radical (unpaired) electrons. The molecular formula is C18H23N3O4S. The van der Waals surface area contributed by atoms with Gasteiger partial charge in [0.15, 0.2) is 5.76 Å². The molecule has 0 spiro atoms. The number of rotatable bonds is 4. The van der Waals surface area contributed by atoms with Crippen molar-refractivity contribution in [3.05, 3.63) is 41.3 Å². The molecule has 2 heterocycles. The fraction of sp³-hybridized carbons (Fsp3) is 0.444. The van der Waals surface area contributed by atoms with Gasteiger partial charge in [-0.2, -0.15) is 4.31 Å². The third kappa shape index (κ3) is 3.52. The van der Waals surface area contributed by atoms with E-state index in [9.17, 15) is 13.2 Å². The van der Waals surface area contributed by atoms with E-state index in [-0.39, 0.29) is 16.7 Å². The fourth-order valence-corrected chi connectivity index (χ4v) is 5.04. The first kappa shape index (κ1) is 18.6. The molecule has 2 aromatic rings. The lowest BCUT2D eigenvalue weighted by atomic mass is 9.97. The van der Waals surface area contributed by atoms with Crippen molar-refractivity contribution in [1.82, 2.24) is 9.46 Å². The Kier molecular flexibility index (Phi) is 5.15. The standard InChI is InChI=1S/C18H23N3O4S/c1-12-6-4-5-7-16(12)19-18(22)15-8-10-21(11-9-15)26(23,24)17-13(2)20-25-14(17)3/h4-7,15H,8-11H2,1-3H3,(H,19,22). The molecule has 1 aliphatic rings. The van der Waals surface area contributed by atoms with Gasteiger partial charge in [0.1, 0.15) is 10.6 Å². The SMILES string of the molecule is Cc1ccccc1NC(=O)C1CCN(S(=O)(=O)c2c(C)noc2C)CC1. The summed E-state index contributed by atoms with van der Waals surface area (Å²) in [5.41, 5.74) is 2.16. The molecule has 26 heavy (non-hydrogen) atoms. The molecule has 7 nitrogen and oxygen atoms in total. The Bertz CT molecular complexity index is 893. The van der Waals surface area contributed by atoms with Crippen LogP contribution in [-0.4, -0.2) is 36.9 Å². The van der Waals surface area contributed by atoms with Crippen LogP contribution in [0.3, 0.4) is 0 Å². The van der Waals surface area contributed by atoms with Crippen molar-refractivity contribution in [3.63, 3.8) is 0 Å². The van der Waals surface area contributed by atoms with E-state index in [0.29, 0.717) is 37.4 Å². The van der Waals surface area contributed by atoms with Crippen LogP contribution in [0.1, 0.15) is 29.9 Å². The van der Waals surface area contributed by atoms with E-state index in [1.54, 1.807) is 13.8 Å². The van der Waals surface area contributed by atoms with Crippen LogP contribution in [0.15, 0.2) is 33.7 Å². The van der Waals surface area contributed by atoms with Crippen LogP contribution in [0.4, 0.5) is 5.69 Å². The third-order valence-corrected chi connectivity index (χ3v) is 6.94. The molecule has 1 aliphatic heterocycles. The average molecular weight is 377 g/mol. The van der Waals surface area contributed by atoms with Crippen LogP contribution in [0.2, 0.25) is 0 Å². The smallest absolute Gasteiger partial charge is 0.248 e. The highest BCUT2D eigenvalue weighted by molar-refractivity contribution is 7.89. The van der Waals surface area contributed by atoms with E-state index < -0.39 is 10.0 Å². The summed E-state index contributed by atoms with van der Waals surface area (Å²) in [7, 11) is -3.65. The number of carbonyl (C=O) groups excluding carboxylic acids is 1. The molecule has 0 bridgehead atoms. The lowest BCUT2D eigenvalue weighted by Gasteiger charge is -2.30. The summed E-state index contributed by atoms with van der Waals surface area (Å²) >= 11 is 0. The van der Waals surface area contributed by atoms with Crippen LogP contribution < -0.4 is 5.32 Å². The normalized spacial score (nSPS) is 16.6. The number of carbonyl (C=O) groups is 1. The van der Waals surface area contributed by atoms with Gasteiger partial charge >= 0.3 is 0 Å². The Morgan fingerprint density at radius 3 is 2.42 bits per heavy atom. The summed E-state index contributed by atoms with van der Waals surface area (Å²) in [6, 6.07) is 7.60. The maximum Gasteiger partial charge on any atom is 0.248 e. The first-order chi connectivity index (χ1) is 12.3. The van der Waals surface area contributed by atoms with Gasteiger partial charge in [0.25, 0.3) is 0 Å². The number of aromatic nitrogens is 1. The molecule has 1 saturated heterocycles. The molecule has 0 saturated carbocycles. The number of anilines is 1. The number of aryl methyl sites for hydroxylation is 3. The maximum absolute atomic E-state index is 12.8. The Morgan fingerprint density at radius 1 is 1.19 bits per heavy atom. The highest BCUT2D eigenvalue weighted by Gasteiger charge is 2.35. The first-order valence-electron chi connectivity index (χ1n) is 8.60. The predicted octanol–water partition coefficient (Wildman–Crippen LogP) is 2.64. The summed E-state index contributed by atoms with van der Waals surface area (Å²) in [4.78, 5) is 12.6. The Balaban J connectivity index is 1.66. The molecule has 1 aromatic carbocycles. The summed E-state index contributed by atoms with van der Waals surface area (Å²) in [6.45, 7) is 5.76. The number of nitrogens with zero attached hydrogens (tertiary/aromatic N) is 2. The van der Waals surface area contributed by atoms with E-state index >= 15 is 0 Å². The topological polar surface area (TPSA) is 92.5 Å². The van der Waals surface area contributed by atoms with Crippen molar-refractivity contribution in [2.75, 3.05) is 18.4 Å². The predicted molar refractivity (Wildman–Crippen MR) is 97.3 cm³/mol. The quantitative estimate of drug-likeness (QED) is 0.884. The minimum atomic E-state index is -3.65. The van der Waals surface area contributed by atoms with Gasteiger partial charge in [-0.05, 0) is 45.2 Å². The van der Waals surface area contributed by atoms with Gasteiger partial charge in [-0.1, -0.05) is 23.4 Å². The monoisotopic (exact) mass is 377 g/mol. The Morgan fingerprint density at radius 2 is 1.85 bits per heavy atom. The van der Waals surface area contributed by atoms with E-state index in [1.165, 1.54) is 4.31 Å². The Hall–Kier alpha value is -2.19. The second-order valence-corrected chi connectivity index (χ2v) is 8.51. The van der Waals surface area contributed by atoms with Crippen LogP contribution in [0.5, 0.6) is 0 Å². The highest BCUT2D eigenvalue weighted by atomic mass is 32.2. The number of hydrogen-bond acceptors (Lipinski definition) is 5. The van der Waals surface area contributed by atoms with Crippen molar-refractivity contribution < 1.29 is 17.7 Å². The number of sulfonamides is 1. The summed E-state index contributed by atoms with van der Waals surface area (Å²) < 4.78 is 32.1. The second kappa shape index (κ2) is 7.20. The van der Waals surface area contributed by atoms with Gasteiger partial charge < -0.3 is 9.84 Å². The maximum atomic E-state index is 12.8. The minimum Gasteiger partial charge on any atom is -0.360 e. The zero-order valence-corrected chi connectivity index (χ0v) is 16.0. The molecule has 1 N–H and O–H groups in total. The second-order valence-electron chi connectivity index (χ2n) is 6.64. The van der Waals surface area contributed by atoms with Crippen molar-refractivity contribution in [1.29, 1.82) is 0 Å². The van der Waals surface area contributed by atoms with Crippen LogP contribution >= 0.6 is 0 Å². The lowest BCUT2D eigenvalue weighted by Crippen LogP contribution is -2.41. The van der Waals surface area contributed by atoms with E-state index in [1.807, 2.05) is 31.2 Å². The van der Waals surface area contributed by atoms with Gasteiger partial charge in [0.2, 0.25) is 15.9 Å². The molecule has 1 amide bonds. The van der Waals surface area contributed by atoms with Crippen LogP contribution in [-0.2, 0) is 14.8 Å². The summed E-state index contributed by atoms with van der Waals surface area (Å²) in [5, 5.41) is 6.68. The lowest BCUT2D eigenvalue weighted by molar-refractivity contribution is -0.120. The summed E-state index contributed by atoms with van der Waals surface area (Å²) in [6.07, 6.45) is 0.973. The van der Waals surface area contributed by atoms with Gasteiger partial charge in [-0.15, -0.1) is 0 Å².